The highest BCUT2D eigenvalue weighted by Gasteiger charge is 2.36. The second-order valence-corrected chi connectivity index (χ2v) is 8.77. The SMILES string of the molecule is Cc1nc2sccn2c(=O)c1CCN1CCC2Nc3ccc(Cl)cc3C2C1. The van der Waals surface area contributed by atoms with Gasteiger partial charge in [-0.05, 0) is 43.5 Å². The van der Waals surface area contributed by atoms with E-state index in [0.717, 1.165) is 53.7 Å². The van der Waals surface area contributed by atoms with E-state index in [-0.39, 0.29) is 5.56 Å². The largest absolute Gasteiger partial charge is 0.381 e. The zero-order chi connectivity index (χ0) is 18.5. The number of benzene rings is 1. The standard InChI is InChI=1S/C20H21ClN4OS/c1-12-14(19(26)25-8-9-27-20(25)22-12)4-6-24-7-5-18-16(11-24)15-10-13(21)2-3-17(15)23-18/h2-3,8-10,16,18,23H,4-7,11H2,1H3. The maximum Gasteiger partial charge on any atom is 0.261 e. The van der Waals surface area contributed by atoms with Crippen LogP contribution in [-0.2, 0) is 6.42 Å². The Morgan fingerprint density at radius 2 is 2.30 bits per heavy atom. The number of fused-ring (bicyclic) bond motifs is 4. The van der Waals surface area contributed by atoms with Crippen molar-refractivity contribution in [2.45, 2.75) is 31.7 Å². The first-order chi connectivity index (χ1) is 13.1. The van der Waals surface area contributed by atoms with E-state index in [0.29, 0.717) is 12.0 Å². The van der Waals surface area contributed by atoms with Crippen LogP contribution in [0.5, 0.6) is 0 Å². The maximum absolute atomic E-state index is 12.8. The number of nitrogens with zero attached hydrogens (tertiary/aromatic N) is 3. The minimum Gasteiger partial charge on any atom is -0.381 e. The number of anilines is 1. The number of nitrogens with one attached hydrogen (secondary N) is 1. The van der Waals surface area contributed by atoms with Gasteiger partial charge in [0, 0.05) is 65.1 Å². The number of aryl methyl sites for hydroxylation is 1. The molecule has 1 fully saturated rings. The second-order valence-electron chi connectivity index (χ2n) is 7.46. The van der Waals surface area contributed by atoms with Gasteiger partial charge < -0.3 is 10.2 Å². The Labute approximate surface area is 166 Å². The molecule has 2 aliphatic rings. The predicted molar refractivity (Wildman–Crippen MR) is 110 cm³/mol. The molecule has 2 atom stereocenters. The molecule has 0 radical (unpaired) electrons. The minimum atomic E-state index is 0.0771. The monoisotopic (exact) mass is 400 g/mol. The molecule has 140 valence electrons. The van der Waals surface area contributed by atoms with Crippen molar-refractivity contribution >= 4 is 33.6 Å². The third-order valence-electron chi connectivity index (χ3n) is 5.90. The fourth-order valence-corrected chi connectivity index (χ4v) is 5.39. The van der Waals surface area contributed by atoms with Crippen molar-refractivity contribution in [3.8, 4) is 0 Å². The molecule has 2 unspecified atom stereocenters. The molecule has 3 aromatic rings. The summed E-state index contributed by atoms with van der Waals surface area (Å²) in [5.74, 6) is 0.465. The van der Waals surface area contributed by atoms with Crippen molar-refractivity contribution in [3.05, 3.63) is 62.0 Å². The third-order valence-corrected chi connectivity index (χ3v) is 6.89. The van der Waals surface area contributed by atoms with E-state index in [1.165, 1.54) is 22.6 Å². The molecule has 2 aromatic heterocycles. The van der Waals surface area contributed by atoms with Crippen molar-refractivity contribution in [2.75, 3.05) is 25.0 Å². The van der Waals surface area contributed by atoms with Crippen molar-refractivity contribution in [3.63, 3.8) is 0 Å². The van der Waals surface area contributed by atoms with Gasteiger partial charge in [0.05, 0.1) is 0 Å². The molecule has 7 heteroatoms. The fraction of sp³-hybridized carbons (Fsp3) is 0.400. The fourth-order valence-electron chi connectivity index (χ4n) is 4.46. The van der Waals surface area contributed by atoms with Gasteiger partial charge >= 0.3 is 0 Å². The van der Waals surface area contributed by atoms with Crippen molar-refractivity contribution in [2.24, 2.45) is 0 Å². The summed E-state index contributed by atoms with van der Waals surface area (Å²) in [6, 6.07) is 6.63. The molecule has 0 bridgehead atoms. The van der Waals surface area contributed by atoms with Crippen LogP contribution < -0.4 is 10.9 Å². The number of rotatable bonds is 3. The molecule has 0 spiro atoms. The molecule has 5 rings (SSSR count). The highest BCUT2D eigenvalue weighted by atomic mass is 35.5. The second kappa shape index (κ2) is 6.62. The summed E-state index contributed by atoms with van der Waals surface area (Å²) in [5.41, 5.74) is 4.32. The summed E-state index contributed by atoms with van der Waals surface area (Å²) >= 11 is 7.72. The van der Waals surface area contributed by atoms with Gasteiger partial charge in [-0.15, -0.1) is 11.3 Å². The van der Waals surface area contributed by atoms with Gasteiger partial charge in [-0.3, -0.25) is 9.20 Å². The Balaban J connectivity index is 1.34. The first-order valence-corrected chi connectivity index (χ1v) is 10.6. The number of piperidine rings is 1. The topological polar surface area (TPSA) is 49.6 Å². The van der Waals surface area contributed by atoms with E-state index in [9.17, 15) is 4.79 Å². The van der Waals surface area contributed by atoms with Gasteiger partial charge in [0.2, 0.25) is 0 Å². The van der Waals surface area contributed by atoms with Crippen LogP contribution in [0, 0.1) is 6.92 Å². The molecule has 0 aliphatic carbocycles. The third kappa shape index (κ3) is 2.96. The number of thiazole rings is 1. The number of likely N-dealkylation sites (tertiary alicyclic amines) is 1. The van der Waals surface area contributed by atoms with Crippen LogP contribution in [0.2, 0.25) is 5.02 Å². The quantitative estimate of drug-likeness (QED) is 0.730. The number of hydrogen-bond donors (Lipinski definition) is 1. The smallest absolute Gasteiger partial charge is 0.261 e. The van der Waals surface area contributed by atoms with Crippen LogP contribution >= 0.6 is 22.9 Å². The number of halogens is 1. The minimum absolute atomic E-state index is 0.0771. The predicted octanol–water partition coefficient (Wildman–Crippen LogP) is 3.54. The van der Waals surface area contributed by atoms with E-state index in [2.05, 4.69) is 27.3 Å². The lowest BCUT2D eigenvalue weighted by Gasteiger charge is -2.35. The Kier molecular flexibility index (Phi) is 4.22. The zero-order valence-electron chi connectivity index (χ0n) is 15.1. The summed E-state index contributed by atoms with van der Waals surface area (Å²) in [7, 11) is 0. The molecule has 1 saturated heterocycles. The van der Waals surface area contributed by atoms with Gasteiger partial charge in [0.1, 0.15) is 0 Å². The lowest BCUT2D eigenvalue weighted by atomic mass is 9.89. The van der Waals surface area contributed by atoms with Crippen LogP contribution in [0.4, 0.5) is 5.69 Å². The summed E-state index contributed by atoms with van der Waals surface area (Å²) in [5, 5.41) is 6.35. The summed E-state index contributed by atoms with van der Waals surface area (Å²) in [4.78, 5) is 20.6. The van der Waals surface area contributed by atoms with Gasteiger partial charge in [0.15, 0.2) is 4.96 Å². The first kappa shape index (κ1) is 17.2. The highest BCUT2D eigenvalue weighted by molar-refractivity contribution is 7.15. The molecular formula is C20H21ClN4OS. The van der Waals surface area contributed by atoms with Gasteiger partial charge in [0.25, 0.3) is 5.56 Å². The number of hydrogen-bond acceptors (Lipinski definition) is 5. The molecule has 0 saturated carbocycles. The normalized spacial score (nSPS) is 21.9. The number of aromatic nitrogens is 2. The highest BCUT2D eigenvalue weighted by Crippen LogP contribution is 2.41. The molecule has 4 heterocycles. The molecule has 1 N–H and O–H groups in total. The molecule has 27 heavy (non-hydrogen) atoms. The Morgan fingerprint density at radius 3 is 3.19 bits per heavy atom. The Hall–Kier alpha value is -1.89. The summed E-state index contributed by atoms with van der Waals surface area (Å²) in [6.07, 6.45) is 3.66. The zero-order valence-corrected chi connectivity index (χ0v) is 16.7. The maximum atomic E-state index is 12.8. The molecular weight excluding hydrogens is 380 g/mol. The summed E-state index contributed by atoms with van der Waals surface area (Å²) < 4.78 is 1.67. The van der Waals surface area contributed by atoms with E-state index in [1.807, 2.05) is 24.6 Å². The van der Waals surface area contributed by atoms with Gasteiger partial charge in [-0.2, -0.15) is 0 Å². The van der Waals surface area contributed by atoms with Crippen LogP contribution in [0.3, 0.4) is 0 Å². The average molecular weight is 401 g/mol. The lowest BCUT2D eigenvalue weighted by Crippen LogP contribution is -2.43. The van der Waals surface area contributed by atoms with E-state index in [4.69, 9.17) is 11.6 Å². The van der Waals surface area contributed by atoms with Crippen molar-refractivity contribution in [1.29, 1.82) is 0 Å². The van der Waals surface area contributed by atoms with Crippen LogP contribution in [-0.4, -0.2) is 40.0 Å². The van der Waals surface area contributed by atoms with E-state index >= 15 is 0 Å². The summed E-state index contributed by atoms with van der Waals surface area (Å²) in [6.45, 7) is 4.87. The average Bonchev–Trinajstić information content (AvgIpc) is 3.25. The molecule has 1 aromatic carbocycles. The Morgan fingerprint density at radius 1 is 1.41 bits per heavy atom. The molecule has 0 amide bonds. The van der Waals surface area contributed by atoms with E-state index < -0.39 is 0 Å². The molecule has 5 nitrogen and oxygen atoms in total. The van der Waals surface area contributed by atoms with E-state index in [1.54, 1.807) is 4.40 Å². The molecule has 2 aliphatic heterocycles. The first-order valence-electron chi connectivity index (χ1n) is 9.34. The van der Waals surface area contributed by atoms with Crippen molar-refractivity contribution < 1.29 is 0 Å². The van der Waals surface area contributed by atoms with Gasteiger partial charge in [-0.1, -0.05) is 11.6 Å². The van der Waals surface area contributed by atoms with Crippen LogP contribution in [0.15, 0.2) is 34.6 Å². The van der Waals surface area contributed by atoms with Gasteiger partial charge in [-0.25, -0.2) is 4.98 Å². The van der Waals surface area contributed by atoms with Crippen LogP contribution in [0.1, 0.15) is 29.2 Å². The Bertz CT molecular complexity index is 1080. The van der Waals surface area contributed by atoms with Crippen molar-refractivity contribution in [1.82, 2.24) is 14.3 Å². The lowest BCUT2D eigenvalue weighted by molar-refractivity contribution is 0.204. The van der Waals surface area contributed by atoms with Crippen LogP contribution in [0.25, 0.3) is 4.96 Å².